The summed E-state index contributed by atoms with van der Waals surface area (Å²) in [6.45, 7) is 8.46. The van der Waals surface area contributed by atoms with Crippen LogP contribution in [-0.4, -0.2) is 40.7 Å². The van der Waals surface area contributed by atoms with E-state index in [9.17, 15) is 14.7 Å². The number of rotatable bonds is 29. The lowest BCUT2D eigenvalue weighted by Crippen LogP contribution is -2.37. The minimum atomic E-state index is -0.914. The highest BCUT2D eigenvalue weighted by Crippen LogP contribution is 2.14. The number of hydrogen-bond donors (Lipinski definition) is 3. The van der Waals surface area contributed by atoms with Gasteiger partial charge in [0.05, 0.1) is 12.6 Å². The first-order valence-corrected chi connectivity index (χ1v) is 17.0. The normalized spacial score (nSPS) is 12.5. The van der Waals surface area contributed by atoms with Crippen molar-refractivity contribution in [3.63, 3.8) is 0 Å². The van der Waals surface area contributed by atoms with Gasteiger partial charge in [-0.3, -0.25) is 14.9 Å². The lowest BCUT2D eigenvalue weighted by molar-refractivity contribution is -0.139. The van der Waals surface area contributed by atoms with Crippen molar-refractivity contribution in [3.05, 3.63) is 0 Å². The van der Waals surface area contributed by atoms with Gasteiger partial charge in [-0.2, -0.15) is 0 Å². The second kappa shape index (κ2) is 33.3. The van der Waals surface area contributed by atoms with Gasteiger partial charge in [-0.05, 0) is 26.2 Å². The molecule has 234 valence electrons. The molecule has 0 aliphatic carbocycles. The molecule has 3 N–H and O–H groups in total. The highest BCUT2D eigenvalue weighted by Gasteiger charge is 2.11. The maximum Gasteiger partial charge on any atom is 0.320 e. The molecule has 0 aromatic rings. The number of Topliss-reactive ketones (excluding diaryl/α,β-unsaturated/α-hetero) is 1. The van der Waals surface area contributed by atoms with Gasteiger partial charge in [0.2, 0.25) is 0 Å². The van der Waals surface area contributed by atoms with Crippen molar-refractivity contribution < 1.29 is 19.8 Å². The van der Waals surface area contributed by atoms with Crippen LogP contribution in [0, 0.1) is 0 Å². The molecule has 0 fully saturated rings. The average molecular weight is 556 g/mol. The summed E-state index contributed by atoms with van der Waals surface area (Å²) in [6.07, 6.45) is 31.1. The SMILES string of the molecule is CCCCCCCCCC(O)CCCCCC.CCCCCCCCCCCCCC(=O)CNC(C)C(=O)O. The van der Waals surface area contributed by atoms with E-state index >= 15 is 0 Å². The molecule has 2 unspecified atom stereocenters. The van der Waals surface area contributed by atoms with Crippen molar-refractivity contribution in [2.75, 3.05) is 6.54 Å². The highest BCUT2D eigenvalue weighted by atomic mass is 16.4. The number of carbonyl (C=O) groups is 2. The zero-order valence-electron chi connectivity index (χ0n) is 26.8. The predicted molar refractivity (Wildman–Crippen MR) is 169 cm³/mol. The maximum atomic E-state index is 11.6. The van der Waals surface area contributed by atoms with E-state index in [-0.39, 0.29) is 18.4 Å². The Hall–Kier alpha value is -0.940. The Morgan fingerprint density at radius 2 is 0.897 bits per heavy atom. The molecule has 0 spiro atoms. The Kier molecular flexibility index (Phi) is 34.3. The maximum absolute atomic E-state index is 11.6. The van der Waals surface area contributed by atoms with Crippen molar-refractivity contribution in [2.45, 2.75) is 200 Å². The van der Waals surface area contributed by atoms with Gasteiger partial charge < -0.3 is 10.2 Å². The first-order valence-electron chi connectivity index (χ1n) is 17.0. The van der Waals surface area contributed by atoms with Crippen molar-refractivity contribution >= 4 is 11.8 Å². The molecule has 39 heavy (non-hydrogen) atoms. The first-order chi connectivity index (χ1) is 18.9. The molecule has 0 heterocycles. The third-order valence-corrected chi connectivity index (χ3v) is 7.57. The van der Waals surface area contributed by atoms with Crippen LogP contribution in [0.1, 0.15) is 188 Å². The van der Waals surface area contributed by atoms with Gasteiger partial charge >= 0.3 is 5.97 Å². The van der Waals surface area contributed by atoms with E-state index in [1.165, 1.54) is 128 Å². The summed E-state index contributed by atoms with van der Waals surface area (Å²) >= 11 is 0. The molecule has 0 radical (unpaired) electrons. The van der Waals surface area contributed by atoms with Gasteiger partial charge in [0.25, 0.3) is 0 Å². The molecule has 5 heteroatoms. The summed E-state index contributed by atoms with van der Waals surface area (Å²) in [5.74, 6) is -0.800. The standard InChI is InChI=1S/C18H35NO3.C16H34O/c1-3-4-5-6-7-8-9-10-11-12-13-14-17(20)15-19-16(2)18(21)22;1-3-5-7-9-10-11-13-15-16(17)14-12-8-6-4-2/h16,19H,3-15H2,1-2H3,(H,21,22);16-17H,3-15H2,1-2H3. The summed E-state index contributed by atoms with van der Waals surface area (Å²) in [5.41, 5.74) is 0. The fraction of sp³-hybridized carbons (Fsp3) is 0.941. The number of ketones is 1. The van der Waals surface area contributed by atoms with E-state index in [0.717, 1.165) is 25.7 Å². The van der Waals surface area contributed by atoms with Crippen LogP contribution in [-0.2, 0) is 9.59 Å². The number of aliphatic hydroxyl groups excluding tert-OH is 1. The summed E-state index contributed by atoms with van der Waals surface area (Å²) < 4.78 is 0. The quantitative estimate of drug-likeness (QED) is 0.0799. The van der Waals surface area contributed by atoms with Gasteiger partial charge in [-0.1, -0.05) is 156 Å². The Morgan fingerprint density at radius 1 is 0.564 bits per heavy atom. The molecule has 0 saturated heterocycles. The second-order valence-electron chi connectivity index (χ2n) is 11.7. The lowest BCUT2D eigenvalue weighted by Gasteiger charge is -2.09. The largest absolute Gasteiger partial charge is 0.480 e. The van der Waals surface area contributed by atoms with E-state index in [4.69, 9.17) is 5.11 Å². The summed E-state index contributed by atoms with van der Waals surface area (Å²) in [5, 5.41) is 21.2. The molecule has 2 atom stereocenters. The summed E-state index contributed by atoms with van der Waals surface area (Å²) in [4.78, 5) is 22.2. The molecular weight excluding hydrogens is 486 g/mol. The van der Waals surface area contributed by atoms with Gasteiger partial charge in [-0.25, -0.2) is 0 Å². The lowest BCUT2D eigenvalue weighted by atomic mass is 10.0. The van der Waals surface area contributed by atoms with E-state index in [0.29, 0.717) is 6.42 Å². The fourth-order valence-electron chi connectivity index (χ4n) is 4.72. The first kappa shape index (κ1) is 40.2. The van der Waals surface area contributed by atoms with E-state index < -0.39 is 12.0 Å². The molecule has 0 aliphatic rings. The molecule has 0 aliphatic heterocycles. The van der Waals surface area contributed by atoms with Crippen LogP contribution in [0.5, 0.6) is 0 Å². The number of aliphatic hydroxyl groups is 1. The predicted octanol–water partition coefficient (Wildman–Crippen LogP) is 9.78. The van der Waals surface area contributed by atoms with Gasteiger partial charge in [0.1, 0.15) is 11.8 Å². The third-order valence-electron chi connectivity index (χ3n) is 7.57. The minimum Gasteiger partial charge on any atom is -0.480 e. The molecule has 0 saturated carbocycles. The van der Waals surface area contributed by atoms with Crippen molar-refractivity contribution in [3.8, 4) is 0 Å². The molecule has 5 nitrogen and oxygen atoms in total. The number of carboxylic acid groups (broad SMARTS) is 1. The smallest absolute Gasteiger partial charge is 0.320 e. The van der Waals surface area contributed by atoms with Gasteiger partial charge in [0, 0.05) is 6.42 Å². The molecule has 0 amide bonds. The van der Waals surface area contributed by atoms with Crippen molar-refractivity contribution in [1.29, 1.82) is 0 Å². The zero-order chi connectivity index (χ0) is 29.4. The Balaban J connectivity index is 0. The monoisotopic (exact) mass is 556 g/mol. The zero-order valence-corrected chi connectivity index (χ0v) is 26.8. The number of carboxylic acids is 1. The molecule has 0 rings (SSSR count). The molecule has 0 bridgehead atoms. The van der Waals surface area contributed by atoms with Crippen LogP contribution in [0.15, 0.2) is 0 Å². The Labute approximate surface area is 243 Å². The summed E-state index contributed by atoms with van der Waals surface area (Å²) in [7, 11) is 0. The number of nitrogens with one attached hydrogen (secondary N) is 1. The van der Waals surface area contributed by atoms with Gasteiger partial charge in [0.15, 0.2) is 0 Å². The number of carbonyl (C=O) groups excluding carboxylic acids is 1. The van der Waals surface area contributed by atoms with Crippen LogP contribution >= 0.6 is 0 Å². The topological polar surface area (TPSA) is 86.6 Å². The van der Waals surface area contributed by atoms with Crippen LogP contribution in [0.25, 0.3) is 0 Å². The molecule has 0 aromatic carbocycles. The third kappa shape index (κ3) is 35.0. The van der Waals surface area contributed by atoms with E-state index in [2.05, 4.69) is 26.1 Å². The van der Waals surface area contributed by atoms with Crippen LogP contribution in [0.4, 0.5) is 0 Å². The van der Waals surface area contributed by atoms with Crippen LogP contribution in [0.2, 0.25) is 0 Å². The Morgan fingerprint density at radius 3 is 1.28 bits per heavy atom. The van der Waals surface area contributed by atoms with E-state index in [1.54, 1.807) is 6.92 Å². The fourth-order valence-corrected chi connectivity index (χ4v) is 4.72. The number of unbranched alkanes of at least 4 members (excludes halogenated alkanes) is 19. The average Bonchev–Trinajstić information content (AvgIpc) is 2.92. The molecule has 0 aromatic heterocycles. The highest BCUT2D eigenvalue weighted by molar-refractivity contribution is 5.81. The number of hydrogen-bond acceptors (Lipinski definition) is 4. The summed E-state index contributed by atoms with van der Waals surface area (Å²) in [6, 6.07) is -0.652. The van der Waals surface area contributed by atoms with Crippen LogP contribution < -0.4 is 5.32 Å². The van der Waals surface area contributed by atoms with Crippen molar-refractivity contribution in [2.24, 2.45) is 0 Å². The van der Waals surface area contributed by atoms with E-state index in [1.807, 2.05) is 0 Å². The van der Waals surface area contributed by atoms with Gasteiger partial charge in [-0.15, -0.1) is 0 Å². The minimum absolute atomic E-state index is 0.0255. The number of aliphatic carboxylic acids is 1. The van der Waals surface area contributed by atoms with Crippen molar-refractivity contribution in [1.82, 2.24) is 5.32 Å². The second-order valence-corrected chi connectivity index (χ2v) is 11.7. The van der Waals surface area contributed by atoms with Crippen LogP contribution in [0.3, 0.4) is 0 Å². The Bertz CT molecular complexity index is 511. The molecular formula is C34H69NO4.